The molecule has 0 fully saturated rings. The van der Waals surface area contributed by atoms with E-state index in [0.29, 0.717) is 24.4 Å². The minimum absolute atomic E-state index is 0.307. The smallest absolute Gasteiger partial charge is 0.412 e. The molecule has 0 aliphatic carbocycles. The van der Waals surface area contributed by atoms with E-state index < -0.39 is 11.7 Å². The van der Waals surface area contributed by atoms with Gasteiger partial charge in [0, 0.05) is 24.1 Å². The van der Waals surface area contributed by atoms with Crippen molar-refractivity contribution in [2.45, 2.75) is 25.7 Å². The van der Waals surface area contributed by atoms with Crippen LogP contribution in [-0.4, -0.2) is 25.3 Å². The summed E-state index contributed by atoms with van der Waals surface area (Å²) < 4.78 is 10.2. The minimum atomic E-state index is -0.557. The van der Waals surface area contributed by atoms with Crippen LogP contribution in [0.15, 0.2) is 44.5 Å². The molecular formula is C17H18N2O5. The summed E-state index contributed by atoms with van der Waals surface area (Å²) in [5, 5.41) is 3.40. The normalized spacial score (nSPS) is 10.2. The number of benzene rings is 1. The first kappa shape index (κ1) is 17.4. The summed E-state index contributed by atoms with van der Waals surface area (Å²) >= 11 is 0. The molecule has 7 heteroatoms. The van der Waals surface area contributed by atoms with Crippen molar-refractivity contribution < 1.29 is 18.7 Å². The zero-order valence-corrected chi connectivity index (χ0v) is 13.1. The topological polar surface area (TPSA) is 98.0 Å². The highest BCUT2D eigenvalue weighted by Gasteiger charge is 2.05. The molecule has 1 aromatic carbocycles. The van der Waals surface area contributed by atoms with E-state index in [9.17, 15) is 14.4 Å². The molecule has 1 amide bonds. The Kier molecular flexibility index (Phi) is 6.73. The Morgan fingerprint density at radius 2 is 1.96 bits per heavy atom. The molecule has 0 atom stereocenters. The van der Waals surface area contributed by atoms with Gasteiger partial charge in [0.05, 0.1) is 6.54 Å². The molecule has 2 aromatic rings. The first-order chi connectivity index (χ1) is 11.7. The molecule has 0 aliphatic heterocycles. The Morgan fingerprint density at radius 1 is 1.17 bits per heavy atom. The monoisotopic (exact) mass is 330 g/mol. The van der Waals surface area contributed by atoms with Crippen LogP contribution >= 0.6 is 0 Å². The van der Waals surface area contributed by atoms with E-state index in [0.717, 1.165) is 31.1 Å². The highest BCUT2D eigenvalue weighted by Crippen LogP contribution is 2.19. The lowest BCUT2D eigenvalue weighted by Crippen LogP contribution is -2.27. The van der Waals surface area contributed by atoms with Crippen LogP contribution in [0.4, 0.5) is 4.79 Å². The Morgan fingerprint density at radius 3 is 2.79 bits per heavy atom. The Bertz CT molecular complexity index is 793. The number of hydrogen-bond acceptors (Lipinski definition) is 6. The SMILES string of the molecule is O=C=NCCCCCCNC(=O)Oc1ccc2ccc(=O)oc2c1. The Labute approximate surface area is 138 Å². The van der Waals surface area contributed by atoms with Crippen LogP contribution in [0, 0.1) is 0 Å². The number of carbonyl (C=O) groups excluding carboxylic acids is 2. The van der Waals surface area contributed by atoms with Crippen molar-refractivity contribution in [3.05, 3.63) is 40.8 Å². The fraction of sp³-hybridized carbons (Fsp3) is 0.353. The number of amides is 1. The average Bonchev–Trinajstić information content (AvgIpc) is 2.57. The van der Waals surface area contributed by atoms with Gasteiger partial charge in [0.15, 0.2) is 0 Å². The summed E-state index contributed by atoms with van der Waals surface area (Å²) in [5.74, 6) is 0.307. The van der Waals surface area contributed by atoms with Gasteiger partial charge in [-0.05, 0) is 31.0 Å². The number of carbonyl (C=O) groups is 1. The fourth-order valence-corrected chi connectivity index (χ4v) is 2.15. The number of hydrogen-bond donors (Lipinski definition) is 1. The second kappa shape index (κ2) is 9.27. The first-order valence-corrected chi connectivity index (χ1v) is 7.72. The number of aliphatic imine (C=N–C) groups is 1. The van der Waals surface area contributed by atoms with Gasteiger partial charge in [0.1, 0.15) is 11.3 Å². The zero-order chi connectivity index (χ0) is 17.2. The molecule has 7 nitrogen and oxygen atoms in total. The van der Waals surface area contributed by atoms with Crippen molar-refractivity contribution in [3.63, 3.8) is 0 Å². The van der Waals surface area contributed by atoms with E-state index in [4.69, 9.17) is 9.15 Å². The Balaban J connectivity index is 1.72. The summed E-state index contributed by atoms with van der Waals surface area (Å²) in [4.78, 5) is 36.2. The van der Waals surface area contributed by atoms with Crippen LogP contribution in [0.3, 0.4) is 0 Å². The van der Waals surface area contributed by atoms with Gasteiger partial charge >= 0.3 is 11.7 Å². The molecular weight excluding hydrogens is 312 g/mol. The van der Waals surface area contributed by atoms with Crippen molar-refractivity contribution in [1.82, 2.24) is 5.32 Å². The second-order valence-electron chi connectivity index (χ2n) is 5.16. The minimum Gasteiger partial charge on any atom is -0.423 e. The van der Waals surface area contributed by atoms with Crippen molar-refractivity contribution >= 4 is 23.1 Å². The quantitative estimate of drug-likeness (QED) is 0.347. The molecule has 0 radical (unpaired) electrons. The largest absolute Gasteiger partial charge is 0.423 e. The van der Waals surface area contributed by atoms with Gasteiger partial charge in [-0.25, -0.2) is 19.4 Å². The third-order valence-electron chi connectivity index (χ3n) is 3.34. The lowest BCUT2D eigenvalue weighted by atomic mass is 10.2. The summed E-state index contributed by atoms with van der Waals surface area (Å²) in [6.45, 7) is 0.996. The van der Waals surface area contributed by atoms with Crippen LogP contribution in [-0.2, 0) is 4.79 Å². The van der Waals surface area contributed by atoms with E-state index in [2.05, 4.69) is 10.3 Å². The van der Waals surface area contributed by atoms with Gasteiger partial charge in [0.25, 0.3) is 0 Å². The number of ether oxygens (including phenoxy) is 1. The molecule has 126 valence electrons. The first-order valence-electron chi connectivity index (χ1n) is 7.72. The maximum Gasteiger partial charge on any atom is 0.412 e. The molecule has 1 aromatic heterocycles. The molecule has 1 heterocycles. The van der Waals surface area contributed by atoms with Gasteiger partial charge in [-0.1, -0.05) is 12.8 Å². The van der Waals surface area contributed by atoms with Crippen LogP contribution in [0.5, 0.6) is 5.75 Å². The van der Waals surface area contributed by atoms with E-state index in [1.807, 2.05) is 0 Å². The van der Waals surface area contributed by atoms with Gasteiger partial charge in [0.2, 0.25) is 6.08 Å². The molecule has 0 unspecified atom stereocenters. The van der Waals surface area contributed by atoms with Crippen LogP contribution in [0.25, 0.3) is 11.0 Å². The summed E-state index contributed by atoms with van der Waals surface area (Å²) in [6.07, 6.45) is 4.45. The summed E-state index contributed by atoms with van der Waals surface area (Å²) in [7, 11) is 0. The average molecular weight is 330 g/mol. The highest BCUT2D eigenvalue weighted by atomic mass is 16.6. The molecule has 0 spiro atoms. The van der Waals surface area contributed by atoms with Crippen molar-refractivity contribution in [2.24, 2.45) is 4.99 Å². The number of nitrogens with one attached hydrogen (secondary N) is 1. The van der Waals surface area contributed by atoms with Gasteiger partial charge < -0.3 is 14.5 Å². The Hall–Kier alpha value is -2.92. The molecule has 0 saturated heterocycles. The number of unbranched alkanes of at least 4 members (excludes halogenated alkanes) is 3. The van der Waals surface area contributed by atoms with Gasteiger partial charge in [-0.2, -0.15) is 0 Å². The summed E-state index contributed by atoms with van der Waals surface area (Å²) in [6, 6.07) is 7.83. The van der Waals surface area contributed by atoms with Gasteiger partial charge in [-0.3, -0.25) is 0 Å². The molecule has 0 saturated carbocycles. The third-order valence-corrected chi connectivity index (χ3v) is 3.34. The van der Waals surface area contributed by atoms with Gasteiger partial charge in [-0.15, -0.1) is 0 Å². The van der Waals surface area contributed by atoms with E-state index >= 15 is 0 Å². The zero-order valence-electron chi connectivity index (χ0n) is 13.1. The van der Waals surface area contributed by atoms with E-state index in [1.54, 1.807) is 18.2 Å². The maximum absolute atomic E-state index is 11.7. The molecule has 24 heavy (non-hydrogen) atoms. The highest BCUT2D eigenvalue weighted by molar-refractivity contribution is 5.79. The number of isocyanates is 1. The van der Waals surface area contributed by atoms with E-state index in [-0.39, 0.29) is 0 Å². The summed E-state index contributed by atoms with van der Waals surface area (Å²) in [5.41, 5.74) is -0.0892. The fourth-order valence-electron chi connectivity index (χ4n) is 2.15. The molecule has 0 aliphatic rings. The van der Waals surface area contributed by atoms with E-state index in [1.165, 1.54) is 18.2 Å². The predicted octanol–water partition coefficient (Wildman–Crippen LogP) is 2.78. The van der Waals surface area contributed by atoms with Crippen molar-refractivity contribution in [3.8, 4) is 5.75 Å². The lowest BCUT2D eigenvalue weighted by Gasteiger charge is -2.07. The van der Waals surface area contributed by atoms with Crippen LogP contribution in [0.1, 0.15) is 25.7 Å². The van der Waals surface area contributed by atoms with Crippen molar-refractivity contribution in [2.75, 3.05) is 13.1 Å². The molecule has 0 bridgehead atoms. The second-order valence-corrected chi connectivity index (χ2v) is 5.16. The molecule has 2 rings (SSSR count). The number of rotatable bonds is 8. The van der Waals surface area contributed by atoms with Crippen LogP contribution in [0.2, 0.25) is 0 Å². The maximum atomic E-state index is 11.7. The van der Waals surface area contributed by atoms with Crippen LogP contribution < -0.4 is 15.7 Å². The number of fused-ring (bicyclic) bond motifs is 1. The van der Waals surface area contributed by atoms with Crippen molar-refractivity contribution in [1.29, 1.82) is 0 Å². The standard InChI is InChI=1S/C17H18N2O5/c20-12-18-9-3-1-2-4-10-19-17(22)23-14-7-5-13-6-8-16(21)24-15(13)11-14/h5-8,11H,1-4,9-10H2,(H,19,22). The lowest BCUT2D eigenvalue weighted by molar-refractivity contribution is 0.200. The number of nitrogens with zero attached hydrogens (tertiary/aromatic N) is 1. The third kappa shape index (κ3) is 5.70. The molecule has 1 N–H and O–H groups in total. The predicted molar refractivity (Wildman–Crippen MR) is 88.0 cm³/mol.